The van der Waals surface area contributed by atoms with Crippen LogP contribution >= 0.6 is 0 Å². The van der Waals surface area contributed by atoms with Crippen LogP contribution in [0.5, 0.6) is 5.75 Å². The fourth-order valence-corrected chi connectivity index (χ4v) is 1.29. The zero-order valence-electron chi connectivity index (χ0n) is 8.45. The zero-order valence-corrected chi connectivity index (χ0v) is 9.45. The van der Waals surface area contributed by atoms with E-state index in [1.807, 2.05) is 36.6 Å². The normalized spacial score (nSPS) is 11.9. The van der Waals surface area contributed by atoms with Gasteiger partial charge in [-0.25, -0.2) is 0 Å². The Bertz CT molecular complexity index is 272. The zero-order chi connectivity index (χ0) is 9.73. The molecule has 13 heavy (non-hydrogen) atoms. The van der Waals surface area contributed by atoms with E-state index in [4.69, 9.17) is 4.74 Å². The van der Waals surface area contributed by atoms with Gasteiger partial charge in [0.2, 0.25) is 0 Å². The van der Waals surface area contributed by atoms with Gasteiger partial charge in [-0.05, 0) is 12.1 Å². The summed E-state index contributed by atoms with van der Waals surface area (Å²) in [7, 11) is -1.12. The van der Waals surface area contributed by atoms with E-state index in [1.54, 1.807) is 0 Å². The van der Waals surface area contributed by atoms with Gasteiger partial charge < -0.3 is 4.74 Å². The maximum Gasteiger partial charge on any atom is 0.126 e. The Morgan fingerprint density at radius 3 is 2.23 bits per heavy atom. The first-order valence-corrected chi connectivity index (χ1v) is 8.05. The summed E-state index contributed by atoms with van der Waals surface area (Å²) < 4.78 is 5.44. The maximum atomic E-state index is 5.44. The largest absolute Gasteiger partial charge is 0.466 e. The molecule has 0 aromatic heterocycles. The Morgan fingerprint density at radius 1 is 1.08 bits per heavy atom. The van der Waals surface area contributed by atoms with Crippen molar-refractivity contribution in [3.8, 4) is 5.75 Å². The summed E-state index contributed by atoms with van der Waals surface area (Å²) in [6.07, 6.45) is 1.81. The molecule has 0 aliphatic heterocycles. The van der Waals surface area contributed by atoms with Crippen LogP contribution in [0.15, 0.2) is 42.3 Å². The summed E-state index contributed by atoms with van der Waals surface area (Å²) in [4.78, 5) is 0. The van der Waals surface area contributed by atoms with Gasteiger partial charge in [0.15, 0.2) is 0 Å². The second kappa shape index (κ2) is 4.28. The fourth-order valence-electron chi connectivity index (χ4n) is 0.816. The Kier molecular flexibility index (Phi) is 3.31. The third-order valence-electron chi connectivity index (χ3n) is 1.52. The quantitative estimate of drug-likeness (QED) is 0.526. The summed E-state index contributed by atoms with van der Waals surface area (Å²) in [6, 6.07) is 9.83. The molecule has 1 aromatic rings. The molecule has 2 heteroatoms. The van der Waals surface area contributed by atoms with E-state index in [9.17, 15) is 0 Å². The summed E-state index contributed by atoms with van der Waals surface area (Å²) in [5, 5.41) is 0. The molecule has 0 bridgehead atoms. The predicted octanol–water partition coefficient (Wildman–Crippen LogP) is 3.46. The van der Waals surface area contributed by atoms with Crippen LogP contribution < -0.4 is 4.74 Å². The van der Waals surface area contributed by atoms with Crippen LogP contribution in [0.4, 0.5) is 0 Å². The minimum absolute atomic E-state index is 0.900. The van der Waals surface area contributed by atoms with Crippen molar-refractivity contribution in [3.63, 3.8) is 0 Å². The second-order valence-electron chi connectivity index (χ2n) is 4.10. The molecule has 0 saturated carbocycles. The molecule has 0 fully saturated rings. The van der Waals surface area contributed by atoms with Crippen LogP contribution in [-0.4, -0.2) is 8.07 Å². The molecule has 0 saturated heterocycles. The first-order valence-electron chi connectivity index (χ1n) is 4.47. The molecule has 0 amide bonds. The average molecular weight is 192 g/mol. The van der Waals surface area contributed by atoms with E-state index in [2.05, 4.69) is 25.3 Å². The molecule has 1 aromatic carbocycles. The predicted molar refractivity (Wildman–Crippen MR) is 59.6 cm³/mol. The summed E-state index contributed by atoms with van der Waals surface area (Å²) >= 11 is 0. The molecule has 0 heterocycles. The van der Waals surface area contributed by atoms with Crippen molar-refractivity contribution in [2.45, 2.75) is 19.6 Å². The molecular formula is C11H16OSi. The molecule has 1 rings (SSSR count). The minimum Gasteiger partial charge on any atom is -0.466 e. The highest BCUT2D eigenvalue weighted by atomic mass is 28.3. The van der Waals surface area contributed by atoms with Gasteiger partial charge in [-0.2, -0.15) is 0 Å². The lowest BCUT2D eigenvalue weighted by Crippen LogP contribution is -2.15. The molecule has 0 aliphatic rings. The number of para-hydroxylation sites is 1. The molecule has 1 nitrogen and oxygen atoms in total. The van der Waals surface area contributed by atoms with Crippen LogP contribution in [-0.2, 0) is 0 Å². The van der Waals surface area contributed by atoms with Crippen LogP contribution in [0.25, 0.3) is 0 Å². The van der Waals surface area contributed by atoms with Crippen molar-refractivity contribution in [2.75, 3.05) is 0 Å². The number of hydrogen-bond donors (Lipinski definition) is 0. The first-order chi connectivity index (χ1) is 6.08. The first kappa shape index (κ1) is 10.1. The highest BCUT2D eigenvalue weighted by Gasteiger charge is 2.06. The third-order valence-corrected chi connectivity index (χ3v) is 2.65. The van der Waals surface area contributed by atoms with Crippen LogP contribution in [0.1, 0.15) is 0 Å². The van der Waals surface area contributed by atoms with Crippen LogP contribution in [0.2, 0.25) is 19.6 Å². The Morgan fingerprint density at radius 2 is 1.69 bits per heavy atom. The van der Waals surface area contributed by atoms with E-state index in [0.717, 1.165) is 5.75 Å². The third kappa shape index (κ3) is 4.53. The fraction of sp³-hybridized carbons (Fsp3) is 0.273. The SMILES string of the molecule is C[Si](C)(C)/C=C/Oc1ccccc1. The number of benzene rings is 1. The lowest BCUT2D eigenvalue weighted by molar-refractivity contribution is 0.482. The van der Waals surface area contributed by atoms with E-state index in [-0.39, 0.29) is 0 Å². The average Bonchev–Trinajstić information content (AvgIpc) is 2.04. The standard InChI is InChI=1S/C11H16OSi/c1-13(2,3)10-9-12-11-7-5-4-6-8-11/h4-10H,1-3H3/b10-9+. The summed E-state index contributed by atoms with van der Waals surface area (Å²) in [6.45, 7) is 6.83. The van der Waals surface area contributed by atoms with Gasteiger partial charge in [0.05, 0.1) is 14.3 Å². The summed E-state index contributed by atoms with van der Waals surface area (Å²) in [5.41, 5.74) is 2.18. The van der Waals surface area contributed by atoms with Gasteiger partial charge in [-0.15, -0.1) is 0 Å². The number of rotatable bonds is 3. The Labute approximate surface area is 81.1 Å². The van der Waals surface area contributed by atoms with E-state index in [1.165, 1.54) is 0 Å². The molecule has 0 spiro atoms. The maximum absolute atomic E-state index is 5.44. The van der Waals surface area contributed by atoms with Crippen molar-refractivity contribution >= 4 is 8.07 Å². The smallest absolute Gasteiger partial charge is 0.126 e. The molecular weight excluding hydrogens is 176 g/mol. The van der Waals surface area contributed by atoms with Gasteiger partial charge in [0.25, 0.3) is 0 Å². The molecule has 0 unspecified atom stereocenters. The number of ether oxygens (including phenoxy) is 1. The monoisotopic (exact) mass is 192 g/mol. The highest BCUT2D eigenvalue weighted by molar-refractivity contribution is 6.80. The van der Waals surface area contributed by atoms with Crippen molar-refractivity contribution < 1.29 is 4.74 Å². The van der Waals surface area contributed by atoms with E-state index in [0.29, 0.717) is 0 Å². The van der Waals surface area contributed by atoms with Crippen LogP contribution in [0.3, 0.4) is 0 Å². The molecule has 0 N–H and O–H groups in total. The van der Waals surface area contributed by atoms with E-state index < -0.39 is 8.07 Å². The van der Waals surface area contributed by atoms with Crippen molar-refractivity contribution in [3.05, 3.63) is 42.3 Å². The van der Waals surface area contributed by atoms with Crippen LogP contribution in [0, 0.1) is 0 Å². The summed E-state index contributed by atoms with van der Waals surface area (Å²) in [5.74, 6) is 0.900. The Hall–Kier alpha value is -1.02. The van der Waals surface area contributed by atoms with E-state index >= 15 is 0 Å². The highest BCUT2D eigenvalue weighted by Crippen LogP contribution is 2.09. The second-order valence-corrected chi connectivity index (χ2v) is 9.17. The molecule has 0 radical (unpaired) electrons. The molecule has 70 valence electrons. The lowest BCUT2D eigenvalue weighted by Gasteiger charge is -2.08. The minimum atomic E-state index is -1.12. The van der Waals surface area contributed by atoms with Gasteiger partial charge >= 0.3 is 0 Å². The van der Waals surface area contributed by atoms with Crippen molar-refractivity contribution in [2.24, 2.45) is 0 Å². The molecule has 0 aliphatic carbocycles. The van der Waals surface area contributed by atoms with Crippen molar-refractivity contribution in [1.29, 1.82) is 0 Å². The van der Waals surface area contributed by atoms with Gasteiger partial charge in [0, 0.05) is 0 Å². The Balaban J connectivity index is 2.49. The van der Waals surface area contributed by atoms with Gasteiger partial charge in [0.1, 0.15) is 5.75 Å². The lowest BCUT2D eigenvalue weighted by atomic mass is 10.3. The van der Waals surface area contributed by atoms with Gasteiger partial charge in [-0.1, -0.05) is 43.5 Å². The van der Waals surface area contributed by atoms with Crippen molar-refractivity contribution in [1.82, 2.24) is 0 Å². The topological polar surface area (TPSA) is 9.23 Å². The number of hydrogen-bond acceptors (Lipinski definition) is 1. The van der Waals surface area contributed by atoms with Gasteiger partial charge in [-0.3, -0.25) is 0 Å². The molecule has 0 atom stereocenters.